The number of hydrogen-bond acceptors (Lipinski definition) is 4. The topological polar surface area (TPSA) is 52.9 Å². The molecular formula is C24H31N3O3. The number of nitrogens with zero attached hydrogens (tertiary/aromatic N) is 3. The Balaban J connectivity index is 1.18. The molecule has 4 unspecified atom stereocenters. The standard InChI is InChI=1S/C24H31N3O3/c1-16(28)26-15-23(19-5-3-4-6-20(19)26)9-11-25(12-10-23)18-13-17-7-8-21-24(17,14-18)27(21)22(29)30-2/h3-6,17-18,21H,7-15H2,1-2H3. The smallest absolute Gasteiger partial charge is 0.410 e. The minimum Gasteiger partial charge on any atom is -0.453 e. The van der Waals surface area contributed by atoms with Crippen molar-refractivity contribution in [3.8, 4) is 0 Å². The summed E-state index contributed by atoms with van der Waals surface area (Å²) in [5, 5.41) is 0. The summed E-state index contributed by atoms with van der Waals surface area (Å²) >= 11 is 0. The van der Waals surface area contributed by atoms with Gasteiger partial charge in [-0.05, 0) is 69.2 Å². The number of anilines is 1. The number of piperidine rings is 2. The third-order valence-electron chi connectivity index (χ3n) is 9.13. The highest BCUT2D eigenvalue weighted by Gasteiger charge is 2.75. The van der Waals surface area contributed by atoms with Crippen molar-refractivity contribution in [3.05, 3.63) is 29.8 Å². The lowest BCUT2D eigenvalue weighted by atomic mass is 9.74. The van der Waals surface area contributed by atoms with Crippen molar-refractivity contribution in [1.82, 2.24) is 9.80 Å². The number of methoxy groups -OCH3 is 1. The lowest BCUT2D eigenvalue weighted by Crippen LogP contribution is -2.48. The first-order valence-corrected chi connectivity index (χ1v) is 11.5. The number of carbonyl (C=O) groups excluding carboxylic acids is 2. The van der Waals surface area contributed by atoms with E-state index in [-0.39, 0.29) is 23.0 Å². The third kappa shape index (κ3) is 2.29. The minimum absolute atomic E-state index is 0.0955. The van der Waals surface area contributed by atoms with Crippen LogP contribution in [0.4, 0.5) is 10.5 Å². The number of rotatable bonds is 1. The monoisotopic (exact) mass is 409 g/mol. The van der Waals surface area contributed by atoms with Crippen molar-refractivity contribution in [2.45, 2.75) is 68.5 Å². The Morgan fingerprint density at radius 2 is 1.90 bits per heavy atom. The van der Waals surface area contributed by atoms with Gasteiger partial charge in [-0.15, -0.1) is 0 Å². The van der Waals surface area contributed by atoms with Crippen LogP contribution in [0, 0.1) is 5.92 Å². The van der Waals surface area contributed by atoms with Gasteiger partial charge in [-0.25, -0.2) is 4.79 Å². The Kier molecular flexibility index (Phi) is 3.87. The molecule has 30 heavy (non-hydrogen) atoms. The molecule has 3 heterocycles. The van der Waals surface area contributed by atoms with E-state index in [9.17, 15) is 9.59 Å². The Bertz CT molecular complexity index is 909. The molecule has 4 fully saturated rings. The molecule has 6 rings (SSSR count). The largest absolute Gasteiger partial charge is 0.453 e. The molecule has 3 aliphatic heterocycles. The molecule has 2 aliphatic carbocycles. The van der Waals surface area contributed by atoms with Crippen LogP contribution >= 0.6 is 0 Å². The van der Waals surface area contributed by atoms with Crippen molar-refractivity contribution in [3.63, 3.8) is 0 Å². The van der Waals surface area contributed by atoms with Gasteiger partial charge in [-0.3, -0.25) is 9.69 Å². The highest BCUT2D eigenvalue weighted by molar-refractivity contribution is 5.94. The molecule has 0 bridgehead atoms. The Hall–Kier alpha value is -2.08. The van der Waals surface area contributed by atoms with E-state index in [2.05, 4.69) is 23.1 Å². The van der Waals surface area contributed by atoms with Gasteiger partial charge in [0, 0.05) is 30.6 Å². The van der Waals surface area contributed by atoms with E-state index in [0.717, 1.165) is 51.0 Å². The molecule has 160 valence electrons. The maximum Gasteiger partial charge on any atom is 0.410 e. The first-order chi connectivity index (χ1) is 14.5. The number of ether oxygens (including phenoxy) is 1. The molecule has 4 atom stereocenters. The van der Waals surface area contributed by atoms with Gasteiger partial charge in [0.2, 0.25) is 5.91 Å². The summed E-state index contributed by atoms with van der Waals surface area (Å²) < 4.78 is 5.06. The van der Waals surface area contributed by atoms with E-state index in [0.29, 0.717) is 18.0 Å². The summed E-state index contributed by atoms with van der Waals surface area (Å²) in [7, 11) is 1.50. The van der Waals surface area contributed by atoms with Crippen molar-refractivity contribution in [2.24, 2.45) is 5.92 Å². The fraction of sp³-hybridized carbons (Fsp3) is 0.667. The van der Waals surface area contributed by atoms with E-state index in [1.807, 2.05) is 15.9 Å². The van der Waals surface area contributed by atoms with Gasteiger partial charge in [0.25, 0.3) is 0 Å². The summed E-state index contributed by atoms with van der Waals surface area (Å²) in [6.07, 6.45) is 6.81. The Morgan fingerprint density at radius 3 is 2.63 bits per heavy atom. The molecular weight excluding hydrogens is 378 g/mol. The van der Waals surface area contributed by atoms with E-state index in [1.54, 1.807) is 6.92 Å². The van der Waals surface area contributed by atoms with Gasteiger partial charge in [0.05, 0.1) is 18.7 Å². The number of fused-ring (bicyclic) bond motifs is 2. The van der Waals surface area contributed by atoms with E-state index in [4.69, 9.17) is 4.74 Å². The number of carbonyl (C=O) groups is 2. The highest BCUT2D eigenvalue weighted by atomic mass is 16.5. The van der Waals surface area contributed by atoms with Gasteiger partial charge < -0.3 is 14.5 Å². The summed E-state index contributed by atoms with van der Waals surface area (Å²) in [5.41, 5.74) is 2.67. The number of hydrogen-bond donors (Lipinski definition) is 0. The normalized spacial score (nSPS) is 35.9. The average molecular weight is 410 g/mol. The fourth-order valence-corrected chi connectivity index (χ4v) is 7.71. The van der Waals surface area contributed by atoms with Crippen LogP contribution < -0.4 is 4.90 Å². The molecule has 2 saturated carbocycles. The van der Waals surface area contributed by atoms with E-state index < -0.39 is 0 Å². The Morgan fingerprint density at radius 1 is 1.13 bits per heavy atom. The van der Waals surface area contributed by atoms with Crippen molar-refractivity contribution in [1.29, 1.82) is 0 Å². The summed E-state index contributed by atoms with van der Waals surface area (Å²) in [6.45, 7) is 4.67. The second-order valence-electron chi connectivity index (χ2n) is 10.2. The molecule has 6 nitrogen and oxygen atoms in total. The zero-order valence-electron chi connectivity index (χ0n) is 18.0. The predicted octanol–water partition coefficient (Wildman–Crippen LogP) is 3.15. The maximum atomic E-state index is 12.2. The summed E-state index contributed by atoms with van der Waals surface area (Å²) in [4.78, 5) is 31.2. The zero-order valence-corrected chi connectivity index (χ0v) is 18.0. The maximum absolute atomic E-state index is 12.2. The lowest BCUT2D eigenvalue weighted by Gasteiger charge is -2.42. The molecule has 6 heteroatoms. The molecule has 1 aromatic carbocycles. The number of likely N-dealkylation sites (tertiary alicyclic amines) is 2. The predicted molar refractivity (Wildman–Crippen MR) is 113 cm³/mol. The quantitative estimate of drug-likeness (QED) is 0.669. The molecule has 5 aliphatic rings. The van der Waals surface area contributed by atoms with Crippen molar-refractivity contribution >= 4 is 17.7 Å². The molecule has 2 spiro atoms. The number of benzene rings is 1. The van der Waals surface area contributed by atoms with Crippen LogP contribution in [-0.2, 0) is 14.9 Å². The van der Waals surface area contributed by atoms with Gasteiger partial charge in [-0.2, -0.15) is 0 Å². The SMILES string of the molecule is COC(=O)N1C2CCC3CC(N4CCC5(CC4)CN(C(C)=O)c4ccccc45)CC321. The van der Waals surface area contributed by atoms with Crippen LogP contribution in [0.5, 0.6) is 0 Å². The van der Waals surface area contributed by atoms with Gasteiger partial charge >= 0.3 is 6.09 Å². The van der Waals surface area contributed by atoms with Crippen LogP contribution in [0.1, 0.15) is 51.0 Å². The molecule has 0 N–H and O–H groups in total. The lowest BCUT2D eigenvalue weighted by molar-refractivity contribution is -0.116. The third-order valence-corrected chi connectivity index (χ3v) is 9.13. The first kappa shape index (κ1) is 18.7. The fourth-order valence-electron chi connectivity index (χ4n) is 7.71. The zero-order chi connectivity index (χ0) is 20.7. The van der Waals surface area contributed by atoms with Crippen LogP contribution in [0.2, 0.25) is 0 Å². The highest BCUT2D eigenvalue weighted by Crippen LogP contribution is 2.65. The van der Waals surface area contributed by atoms with Crippen LogP contribution in [0.25, 0.3) is 0 Å². The molecule has 2 saturated heterocycles. The molecule has 2 amide bonds. The Labute approximate surface area is 178 Å². The first-order valence-electron chi connectivity index (χ1n) is 11.5. The van der Waals surface area contributed by atoms with Crippen LogP contribution in [0.3, 0.4) is 0 Å². The van der Waals surface area contributed by atoms with E-state index >= 15 is 0 Å². The summed E-state index contributed by atoms with van der Waals surface area (Å²) in [6, 6.07) is 9.48. The van der Waals surface area contributed by atoms with Crippen LogP contribution in [0.15, 0.2) is 24.3 Å². The second kappa shape index (κ2) is 6.22. The molecule has 1 aromatic rings. The number of amides is 2. The van der Waals surface area contributed by atoms with Gasteiger partial charge in [0.15, 0.2) is 0 Å². The number of para-hydroxylation sites is 1. The van der Waals surface area contributed by atoms with E-state index in [1.165, 1.54) is 25.5 Å². The van der Waals surface area contributed by atoms with Crippen LogP contribution in [-0.4, -0.2) is 66.2 Å². The second-order valence-corrected chi connectivity index (χ2v) is 10.2. The minimum atomic E-state index is -0.130. The van der Waals surface area contributed by atoms with Crippen molar-refractivity contribution in [2.75, 3.05) is 31.6 Å². The molecule has 0 radical (unpaired) electrons. The average Bonchev–Trinajstić information content (AvgIpc) is 3.03. The van der Waals surface area contributed by atoms with Crippen molar-refractivity contribution < 1.29 is 14.3 Å². The van der Waals surface area contributed by atoms with Gasteiger partial charge in [0.1, 0.15) is 0 Å². The molecule has 0 aromatic heterocycles. The summed E-state index contributed by atoms with van der Waals surface area (Å²) in [5.74, 6) is 0.787. The van der Waals surface area contributed by atoms with Gasteiger partial charge in [-0.1, -0.05) is 18.2 Å².